The molecule has 7 nitrogen and oxygen atoms in total. The first-order valence-corrected chi connectivity index (χ1v) is 10.8. The zero-order valence-electron chi connectivity index (χ0n) is 15.9. The number of rotatable bonds is 9. The molecule has 2 aromatic carbocycles. The normalized spacial score (nSPS) is 12.3. The van der Waals surface area contributed by atoms with E-state index in [2.05, 4.69) is 26.0 Å². The Morgan fingerprint density at radius 2 is 1.71 bits per heavy atom. The van der Waals surface area contributed by atoms with Crippen molar-refractivity contribution in [3.8, 4) is 11.5 Å². The maximum absolute atomic E-state index is 12.4. The van der Waals surface area contributed by atoms with Gasteiger partial charge in [-0.2, -0.15) is 4.72 Å². The lowest BCUT2D eigenvalue weighted by atomic mass is 10.1. The number of hydrogen-bond acceptors (Lipinski definition) is 5. The summed E-state index contributed by atoms with van der Waals surface area (Å²) >= 11 is 3.26. The number of methoxy groups -OCH3 is 2. The zero-order valence-corrected chi connectivity index (χ0v) is 18.3. The first-order valence-electron chi connectivity index (χ1n) is 8.53. The van der Waals surface area contributed by atoms with Crippen molar-refractivity contribution < 1.29 is 22.7 Å². The number of ether oxygens (including phenoxy) is 2. The molecule has 1 amide bonds. The maximum Gasteiger partial charge on any atom is 0.241 e. The van der Waals surface area contributed by atoms with Gasteiger partial charge in [0.25, 0.3) is 0 Å². The minimum Gasteiger partial charge on any atom is -0.493 e. The monoisotopic (exact) mass is 470 g/mol. The second-order valence-corrected chi connectivity index (χ2v) is 8.66. The van der Waals surface area contributed by atoms with Crippen LogP contribution >= 0.6 is 15.9 Å². The van der Waals surface area contributed by atoms with Crippen LogP contribution in [0.3, 0.4) is 0 Å². The molecule has 0 fully saturated rings. The summed E-state index contributed by atoms with van der Waals surface area (Å²) in [5, 5.41) is 2.73. The summed E-state index contributed by atoms with van der Waals surface area (Å²) in [7, 11) is -0.655. The van der Waals surface area contributed by atoms with E-state index < -0.39 is 22.0 Å². The third-order valence-corrected chi connectivity index (χ3v) is 6.10. The Bertz CT molecular complexity index is 916. The van der Waals surface area contributed by atoms with Crippen LogP contribution in [0.4, 0.5) is 0 Å². The van der Waals surface area contributed by atoms with Crippen LogP contribution in [0.25, 0.3) is 0 Å². The lowest BCUT2D eigenvalue weighted by Crippen LogP contribution is -2.45. The Hall–Kier alpha value is -2.10. The number of benzene rings is 2. The lowest BCUT2D eigenvalue weighted by Gasteiger charge is -2.15. The second kappa shape index (κ2) is 9.90. The van der Waals surface area contributed by atoms with Crippen LogP contribution < -0.4 is 19.5 Å². The molecule has 0 spiro atoms. The van der Waals surface area contributed by atoms with Gasteiger partial charge in [0.15, 0.2) is 11.5 Å². The van der Waals surface area contributed by atoms with Gasteiger partial charge in [-0.3, -0.25) is 4.79 Å². The van der Waals surface area contributed by atoms with E-state index >= 15 is 0 Å². The number of hydrogen-bond donors (Lipinski definition) is 2. The van der Waals surface area contributed by atoms with Crippen molar-refractivity contribution in [2.24, 2.45) is 0 Å². The molecule has 0 bridgehead atoms. The molecule has 9 heteroatoms. The minimum absolute atomic E-state index is 0.0978. The predicted molar refractivity (Wildman–Crippen MR) is 110 cm³/mol. The number of nitrogens with one attached hydrogen (secondary N) is 2. The third kappa shape index (κ3) is 5.95. The van der Waals surface area contributed by atoms with Crippen LogP contribution in [-0.4, -0.2) is 41.1 Å². The predicted octanol–water partition coefficient (Wildman–Crippen LogP) is 2.49. The lowest BCUT2D eigenvalue weighted by molar-refractivity contribution is -0.122. The molecule has 0 saturated carbocycles. The molecule has 0 aliphatic rings. The Balaban J connectivity index is 1.89. The molecule has 2 aromatic rings. The molecule has 0 heterocycles. The summed E-state index contributed by atoms with van der Waals surface area (Å²) in [5.41, 5.74) is 0.959. The first-order chi connectivity index (χ1) is 13.3. The van der Waals surface area contributed by atoms with Gasteiger partial charge in [0.1, 0.15) is 0 Å². The highest BCUT2D eigenvalue weighted by molar-refractivity contribution is 9.10. The van der Waals surface area contributed by atoms with Crippen LogP contribution in [0.1, 0.15) is 12.5 Å². The summed E-state index contributed by atoms with van der Waals surface area (Å²) in [6.07, 6.45) is 0.568. The van der Waals surface area contributed by atoms with E-state index in [-0.39, 0.29) is 4.90 Å². The summed E-state index contributed by atoms with van der Waals surface area (Å²) in [5.74, 6) is 0.842. The van der Waals surface area contributed by atoms with Gasteiger partial charge in [0.05, 0.1) is 25.2 Å². The van der Waals surface area contributed by atoms with Crippen molar-refractivity contribution in [2.75, 3.05) is 20.8 Å². The fourth-order valence-electron chi connectivity index (χ4n) is 2.49. The molecule has 1 atom stereocenters. The maximum atomic E-state index is 12.4. The molecule has 28 heavy (non-hydrogen) atoms. The average Bonchev–Trinajstić information content (AvgIpc) is 2.67. The number of carbonyl (C=O) groups excluding carboxylic acids is 1. The van der Waals surface area contributed by atoms with Gasteiger partial charge in [-0.25, -0.2) is 8.42 Å². The number of halogens is 1. The van der Waals surface area contributed by atoms with Gasteiger partial charge in [-0.1, -0.05) is 22.0 Å². The molecule has 2 rings (SSSR count). The van der Waals surface area contributed by atoms with Crippen LogP contribution in [0.15, 0.2) is 51.8 Å². The van der Waals surface area contributed by atoms with E-state index in [4.69, 9.17) is 9.47 Å². The van der Waals surface area contributed by atoms with Crippen molar-refractivity contribution >= 4 is 31.9 Å². The van der Waals surface area contributed by atoms with Crippen LogP contribution in [0.2, 0.25) is 0 Å². The smallest absolute Gasteiger partial charge is 0.241 e. The van der Waals surface area contributed by atoms with Crippen molar-refractivity contribution in [3.05, 3.63) is 52.5 Å². The molecule has 2 N–H and O–H groups in total. The summed E-state index contributed by atoms with van der Waals surface area (Å²) < 4.78 is 38.3. The van der Waals surface area contributed by atoms with Gasteiger partial charge in [0.2, 0.25) is 15.9 Å². The number of carbonyl (C=O) groups is 1. The third-order valence-electron chi connectivity index (χ3n) is 4.01. The fourth-order valence-corrected chi connectivity index (χ4v) is 3.95. The summed E-state index contributed by atoms with van der Waals surface area (Å²) in [4.78, 5) is 12.3. The number of amides is 1. The van der Waals surface area contributed by atoms with E-state index in [1.54, 1.807) is 32.4 Å². The fraction of sp³-hybridized carbons (Fsp3) is 0.316. The molecule has 0 unspecified atom stereocenters. The first kappa shape index (κ1) is 22.2. The Morgan fingerprint density at radius 1 is 1.07 bits per heavy atom. The van der Waals surface area contributed by atoms with Crippen molar-refractivity contribution in [1.82, 2.24) is 10.0 Å². The molecule has 0 aliphatic carbocycles. The molecular formula is C19H23BrN2O5S. The zero-order chi connectivity index (χ0) is 20.7. The standard InChI is InChI=1S/C19H23BrN2O5S/c1-13(22-28(24,25)16-7-5-15(20)6-8-16)19(23)21-11-10-14-4-9-17(26-2)18(12-14)27-3/h4-9,12-13,22H,10-11H2,1-3H3,(H,21,23)/t13-/m0/s1. The highest BCUT2D eigenvalue weighted by Gasteiger charge is 2.21. The van der Waals surface area contributed by atoms with Crippen molar-refractivity contribution in [2.45, 2.75) is 24.3 Å². The molecule has 0 radical (unpaired) electrons. The highest BCUT2D eigenvalue weighted by Crippen LogP contribution is 2.27. The molecule has 0 aliphatic heterocycles. The van der Waals surface area contributed by atoms with E-state index in [1.807, 2.05) is 12.1 Å². The van der Waals surface area contributed by atoms with Crippen LogP contribution in [0.5, 0.6) is 11.5 Å². The van der Waals surface area contributed by atoms with Crippen molar-refractivity contribution in [1.29, 1.82) is 0 Å². The van der Waals surface area contributed by atoms with Gasteiger partial charge in [-0.15, -0.1) is 0 Å². The van der Waals surface area contributed by atoms with E-state index in [0.29, 0.717) is 24.5 Å². The minimum atomic E-state index is -3.78. The molecule has 0 aromatic heterocycles. The average molecular weight is 471 g/mol. The topological polar surface area (TPSA) is 93.7 Å². The quantitative estimate of drug-likeness (QED) is 0.586. The van der Waals surface area contributed by atoms with Crippen molar-refractivity contribution in [3.63, 3.8) is 0 Å². The van der Waals surface area contributed by atoms with E-state index in [1.165, 1.54) is 19.1 Å². The molecule has 0 saturated heterocycles. The Kier molecular flexibility index (Phi) is 7.85. The van der Waals surface area contributed by atoms with Gasteiger partial charge < -0.3 is 14.8 Å². The van der Waals surface area contributed by atoms with Gasteiger partial charge in [-0.05, 0) is 55.3 Å². The Labute approximate surface area is 173 Å². The summed E-state index contributed by atoms with van der Waals surface area (Å²) in [6, 6.07) is 10.8. The second-order valence-electron chi connectivity index (χ2n) is 6.03. The highest BCUT2D eigenvalue weighted by atomic mass is 79.9. The van der Waals surface area contributed by atoms with E-state index in [9.17, 15) is 13.2 Å². The number of sulfonamides is 1. The SMILES string of the molecule is COc1ccc(CCNC(=O)[C@H](C)NS(=O)(=O)c2ccc(Br)cc2)cc1OC. The summed E-state index contributed by atoms with van der Waals surface area (Å²) in [6.45, 7) is 1.86. The van der Waals surface area contributed by atoms with Gasteiger partial charge >= 0.3 is 0 Å². The Morgan fingerprint density at radius 3 is 2.32 bits per heavy atom. The van der Waals surface area contributed by atoms with Gasteiger partial charge in [0, 0.05) is 11.0 Å². The van der Waals surface area contributed by atoms with E-state index in [0.717, 1.165) is 10.0 Å². The van der Waals surface area contributed by atoms with Crippen LogP contribution in [-0.2, 0) is 21.2 Å². The van der Waals surface area contributed by atoms with Crippen LogP contribution in [0, 0.1) is 0 Å². The molecular weight excluding hydrogens is 448 g/mol. The molecule has 152 valence electrons. The largest absolute Gasteiger partial charge is 0.493 e.